The number of nitrogens with zero attached hydrogens (tertiary/aromatic N) is 1. The molecule has 2 aromatic rings. The highest BCUT2D eigenvalue weighted by molar-refractivity contribution is 9.10. The molecule has 118 valence electrons. The molecule has 22 heavy (non-hydrogen) atoms. The van der Waals surface area contributed by atoms with Crippen molar-refractivity contribution in [2.24, 2.45) is 0 Å². The van der Waals surface area contributed by atoms with E-state index in [0.29, 0.717) is 0 Å². The average molecular weight is 380 g/mol. The summed E-state index contributed by atoms with van der Waals surface area (Å²) in [5.74, 6) is 0.862. The van der Waals surface area contributed by atoms with Crippen molar-refractivity contribution in [3.63, 3.8) is 0 Å². The Hall–Kier alpha value is -1.33. The van der Waals surface area contributed by atoms with Crippen LogP contribution in [0, 0.1) is 0 Å². The van der Waals surface area contributed by atoms with E-state index in [1.165, 1.54) is 0 Å². The molecular formula is C17H22BrNO2Si. The van der Waals surface area contributed by atoms with Gasteiger partial charge in [0.1, 0.15) is 5.75 Å². The summed E-state index contributed by atoms with van der Waals surface area (Å²) >= 11 is 3.30. The minimum absolute atomic E-state index is 0.0626. The molecule has 0 fully saturated rings. The van der Waals surface area contributed by atoms with Crippen LogP contribution in [0.5, 0.6) is 5.75 Å². The molecule has 5 heteroatoms. The zero-order chi connectivity index (χ0) is 16.5. The van der Waals surface area contributed by atoms with E-state index in [-0.39, 0.29) is 10.6 Å². The average Bonchev–Trinajstić information content (AvgIpc) is 2.38. The van der Waals surface area contributed by atoms with Gasteiger partial charge in [-0.1, -0.05) is 36.7 Å². The predicted molar refractivity (Wildman–Crippen MR) is 97.6 cm³/mol. The van der Waals surface area contributed by atoms with Crippen LogP contribution < -0.4 is 9.99 Å². The Morgan fingerprint density at radius 1 is 1.09 bits per heavy atom. The number of hydrogen-bond acceptors (Lipinski definition) is 2. The Labute approximate surface area is 141 Å². The van der Waals surface area contributed by atoms with Gasteiger partial charge >= 0.3 is 0 Å². The van der Waals surface area contributed by atoms with Crippen molar-refractivity contribution < 1.29 is 4.43 Å². The van der Waals surface area contributed by atoms with Gasteiger partial charge in [0.05, 0.1) is 0 Å². The van der Waals surface area contributed by atoms with E-state index in [4.69, 9.17) is 4.43 Å². The van der Waals surface area contributed by atoms with Crippen molar-refractivity contribution in [1.82, 2.24) is 4.57 Å². The molecule has 0 bridgehead atoms. The Bertz CT molecular complexity index is 715. The lowest BCUT2D eigenvalue weighted by molar-refractivity contribution is 0.492. The van der Waals surface area contributed by atoms with Gasteiger partial charge < -0.3 is 4.43 Å². The van der Waals surface area contributed by atoms with Crippen LogP contribution in [0.2, 0.25) is 18.1 Å². The minimum atomic E-state index is -1.84. The first-order chi connectivity index (χ1) is 10.1. The third-order valence-corrected chi connectivity index (χ3v) is 9.03. The molecule has 0 spiro atoms. The summed E-state index contributed by atoms with van der Waals surface area (Å²) in [7, 11) is -1.84. The molecule has 0 saturated carbocycles. The maximum atomic E-state index is 12.0. The van der Waals surface area contributed by atoms with Gasteiger partial charge in [0.2, 0.25) is 8.32 Å². The highest BCUT2D eigenvalue weighted by Crippen LogP contribution is 2.37. The lowest BCUT2D eigenvalue weighted by Gasteiger charge is -2.36. The molecule has 1 aromatic carbocycles. The molecule has 1 heterocycles. The SMILES string of the molecule is CC(C)(C)[Si](C)(C)Oc1ccc(-n2ccc(Br)cc2=O)cc1. The van der Waals surface area contributed by atoms with E-state index in [9.17, 15) is 4.79 Å². The number of hydrogen-bond donors (Lipinski definition) is 0. The molecule has 0 atom stereocenters. The standard InChI is InChI=1S/C17H22BrNO2Si/c1-17(2,3)22(4,5)21-15-8-6-14(7-9-15)19-11-10-13(18)12-16(19)20/h6-12H,1-5H3. The van der Waals surface area contributed by atoms with Crippen LogP contribution in [-0.2, 0) is 0 Å². The first kappa shape index (κ1) is 17.0. The van der Waals surface area contributed by atoms with Gasteiger partial charge in [-0.15, -0.1) is 0 Å². The molecule has 0 aliphatic rings. The lowest BCUT2D eigenvalue weighted by Crippen LogP contribution is -2.43. The summed E-state index contributed by atoms with van der Waals surface area (Å²) in [6.07, 6.45) is 1.76. The van der Waals surface area contributed by atoms with Crippen molar-refractivity contribution in [3.8, 4) is 11.4 Å². The van der Waals surface area contributed by atoms with Crippen LogP contribution in [0.15, 0.2) is 51.9 Å². The summed E-state index contributed by atoms with van der Waals surface area (Å²) in [5.41, 5.74) is 0.771. The summed E-state index contributed by atoms with van der Waals surface area (Å²) in [6, 6.07) is 11.1. The summed E-state index contributed by atoms with van der Waals surface area (Å²) in [4.78, 5) is 12.0. The van der Waals surface area contributed by atoms with E-state index >= 15 is 0 Å². The summed E-state index contributed by atoms with van der Waals surface area (Å²) in [5, 5.41) is 0.161. The first-order valence-corrected chi connectivity index (χ1v) is 11.0. The zero-order valence-corrected chi connectivity index (χ0v) is 16.3. The second kappa shape index (κ2) is 6.05. The molecule has 3 nitrogen and oxygen atoms in total. The third kappa shape index (κ3) is 3.70. The van der Waals surface area contributed by atoms with E-state index in [2.05, 4.69) is 49.8 Å². The largest absolute Gasteiger partial charge is 0.544 e. The smallest absolute Gasteiger partial charge is 0.256 e. The predicted octanol–water partition coefficient (Wildman–Crippen LogP) is 4.98. The molecule has 0 unspecified atom stereocenters. The monoisotopic (exact) mass is 379 g/mol. The van der Waals surface area contributed by atoms with Gasteiger partial charge in [0, 0.05) is 22.4 Å². The van der Waals surface area contributed by atoms with Crippen molar-refractivity contribution in [1.29, 1.82) is 0 Å². The van der Waals surface area contributed by atoms with Crippen LogP contribution in [-0.4, -0.2) is 12.9 Å². The van der Waals surface area contributed by atoms with E-state index in [1.807, 2.05) is 30.3 Å². The maximum Gasteiger partial charge on any atom is 0.256 e. The van der Waals surface area contributed by atoms with Crippen LogP contribution in [0.1, 0.15) is 20.8 Å². The molecular weight excluding hydrogens is 358 g/mol. The fraction of sp³-hybridized carbons (Fsp3) is 0.353. The Morgan fingerprint density at radius 2 is 1.68 bits per heavy atom. The van der Waals surface area contributed by atoms with Crippen molar-refractivity contribution >= 4 is 24.2 Å². The molecule has 0 aliphatic carbocycles. The Balaban J connectivity index is 2.26. The zero-order valence-electron chi connectivity index (χ0n) is 13.7. The van der Waals surface area contributed by atoms with Gasteiger partial charge in [0.25, 0.3) is 5.56 Å². The number of halogens is 1. The highest BCUT2D eigenvalue weighted by Gasteiger charge is 2.38. The number of aromatic nitrogens is 1. The van der Waals surface area contributed by atoms with E-state index in [1.54, 1.807) is 16.8 Å². The normalized spacial score (nSPS) is 12.3. The second-order valence-electron chi connectivity index (χ2n) is 6.91. The van der Waals surface area contributed by atoms with Crippen molar-refractivity contribution in [3.05, 3.63) is 57.4 Å². The fourth-order valence-corrected chi connectivity index (χ4v) is 3.14. The van der Waals surface area contributed by atoms with Crippen molar-refractivity contribution in [2.45, 2.75) is 38.9 Å². The van der Waals surface area contributed by atoms with Crippen LogP contribution in [0.4, 0.5) is 0 Å². The molecule has 1 aromatic heterocycles. The van der Waals surface area contributed by atoms with Gasteiger partial charge in [0.15, 0.2) is 0 Å². The van der Waals surface area contributed by atoms with E-state index in [0.717, 1.165) is 15.9 Å². The second-order valence-corrected chi connectivity index (χ2v) is 12.5. The van der Waals surface area contributed by atoms with Crippen LogP contribution in [0.3, 0.4) is 0 Å². The molecule has 2 rings (SSSR count). The molecule has 0 amide bonds. The first-order valence-electron chi connectivity index (χ1n) is 7.28. The van der Waals surface area contributed by atoms with Gasteiger partial charge in [-0.3, -0.25) is 9.36 Å². The van der Waals surface area contributed by atoms with Crippen LogP contribution in [0.25, 0.3) is 5.69 Å². The van der Waals surface area contributed by atoms with Gasteiger partial charge in [-0.05, 0) is 48.5 Å². The summed E-state index contributed by atoms with van der Waals surface area (Å²) in [6.45, 7) is 11.1. The van der Waals surface area contributed by atoms with E-state index < -0.39 is 8.32 Å². The summed E-state index contributed by atoms with van der Waals surface area (Å²) < 4.78 is 8.65. The third-order valence-electron chi connectivity index (χ3n) is 4.18. The number of pyridine rings is 1. The Morgan fingerprint density at radius 3 is 2.18 bits per heavy atom. The number of benzene rings is 1. The quantitative estimate of drug-likeness (QED) is 0.703. The topological polar surface area (TPSA) is 31.2 Å². The lowest BCUT2D eigenvalue weighted by atomic mass is 10.2. The molecule has 0 saturated heterocycles. The number of rotatable bonds is 3. The molecule has 0 radical (unpaired) electrons. The molecule has 0 N–H and O–H groups in total. The minimum Gasteiger partial charge on any atom is -0.544 e. The Kier molecular flexibility index (Phi) is 4.68. The van der Waals surface area contributed by atoms with Gasteiger partial charge in [-0.2, -0.15) is 0 Å². The fourth-order valence-electron chi connectivity index (χ4n) is 1.79. The van der Waals surface area contributed by atoms with Crippen molar-refractivity contribution in [2.75, 3.05) is 0 Å². The maximum absolute atomic E-state index is 12.0. The highest BCUT2D eigenvalue weighted by atomic mass is 79.9. The van der Waals surface area contributed by atoms with Crippen LogP contribution >= 0.6 is 15.9 Å². The van der Waals surface area contributed by atoms with Gasteiger partial charge in [-0.25, -0.2) is 0 Å². The molecule has 0 aliphatic heterocycles.